The van der Waals surface area contributed by atoms with Gasteiger partial charge in [0.2, 0.25) is 0 Å². The lowest BCUT2D eigenvalue weighted by Crippen LogP contribution is -2.44. The summed E-state index contributed by atoms with van der Waals surface area (Å²) in [5, 5.41) is -0.175. The van der Waals surface area contributed by atoms with Crippen LogP contribution in [0.3, 0.4) is 0 Å². The van der Waals surface area contributed by atoms with E-state index in [9.17, 15) is 4.79 Å². The van der Waals surface area contributed by atoms with Crippen LogP contribution in [0.5, 0.6) is 0 Å². The van der Waals surface area contributed by atoms with Gasteiger partial charge < -0.3 is 4.43 Å². The van der Waals surface area contributed by atoms with Crippen molar-refractivity contribution in [3.8, 4) is 0 Å². The average molecular weight is 341 g/mol. The predicted molar refractivity (Wildman–Crippen MR) is 96.9 cm³/mol. The van der Waals surface area contributed by atoms with Crippen molar-refractivity contribution in [1.29, 1.82) is 0 Å². The van der Waals surface area contributed by atoms with E-state index < -0.39 is 8.32 Å². The van der Waals surface area contributed by atoms with Crippen molar-refractivity contribution in [3.63, 3.8) is 0 Å². The Labute approximate surface area is 141 Å². The van der Waals surface area contributed by atoms with E-state index in [1.807, 2.05) is 25.1 Å². The molecule has 0 aliphatic carbocycles. The van der Waals surface area contributed by atoms with Gasteiger partial charge in [-0.05, 0) is 36.5 Å². The van der Waals surface area contributed by atoms with Crippen molar-refractivity contribution in [2.45, 2.75) is 64.0 Å². The van der Waals surface area contributed by atoms with Crippen LogP contribution in [0.4, 0.5) is 0 Å². The van der Waals surface area contributed by atoms with Gasteiger partial charge in [0.25, 0.3) is 14.3 Å². The Balaban J connectivity index is 2.55. The van der Waals surface area contributed by atoms with Crippen molar-refractivity contribution in [2.75, 3.05) is 0 Å². The van der Waals surface area contributed by atoms with E-state index in [4.69, 9.17) is 16.0 Å². The standard InChI is InChI=1S/C18H29ClO2Si/c1-14(17(20)21-22(5,6)18(2,3)4)16(19)13-12-15-10-8-7-9-11-15/h7-11,14,16H,12-13H2,1-6H3/t14-,16-/m0/s1. The molecule has 1 aromatic carbocycles. The van der Waals surface area contributed by atoms with E-state index in [-0.39, 0.29) is 22.3 Å². The molecule has 0 unspecified atom stereocenters. The van der Waals surface area contributed by atoms with Crippen LogP contribution in [0.25, 0.3) is 0 Å². The Kier molecular flexibility index (Phi) is 6.69. The van der Waals surface area contributed by atoms with Gasteiger partial charge in [0.15, 0.2) is 0 Å². The van der Waals surface area contributed by atoms with Crippen molar-refractivity contribution in [2.24, 2.45) is 5.92 Å². The fourth-order valence-electron chi connectivity index (χ4n) is 1.84. The van der Waals surface area contributed by atoms with Crippen LogP contribution < -0.4 is 0 Å². The van der Waals surface area contributed by atoms with Crippen molar-refractivity contribution in [3.05, 3.63) is 35.9 Å². The summed E-state index contributed by atoms with van der Waals surface area (Å²) in [6.07, 6.45) is 1.66. The van der Waals surface area contributed by atoms with E-state index in [1.165, 1.54) is 5.56 Å². The molecule has 0 aromatic heterocycles. The minimum absolute atomic E-state index is 0.0221. The van der Waals surface area contributed by atoms with Crippen molar-refractivity contribution in [1.82, 2.24) is 0 Å². The van der Waals surface area contributed by atoms with E-state index >= 15 is 0 Å². The first kappa shape index (κ1) is 19.2. The minimum atomic E-state index is -2.07. The largest absolute Gasteiger partial charge is 0.519 e. The summed E-state index contributed by atoms with van der Waals surface area (Å²) in [6, 6.07) is 10.2. The zero-order chi connectivity index (χ0) is 17.0. The van der Waals surface area contributed by atoms with Crippen LogP contribution in [-0.4, -0.2) is 19.7 Å². The number of hydrogen-bond donors (Lipinski definition) is 0. The molecule has 0 radical (unpaired) electrons. The molecular weight excluding hydrogens is 312 g/mol. The minimum Gasteiger partial charge on any atom is -0.519 e. The molecule has 0 aliphatic rings. The lowest BCUT2D eigenvalue weighted by atomic mass is 10.0. The summed E-state index contributed by atoms with van der Waals surface area (Å²) in [5.74, 6) is -0.431. The average Bonchev–Trinajstić information content (AvgIpc) is 2.43. The molecule has 0 amide bonds. The first-order valence-electron chi connectivity index (χ1n) is 7.95. The highest BCUT2D eigenvalue weighted by atomic mass is 35.5. The smallest absolute Gasteiger partial charge is 0.296 e. The highest BCUT2D eigenvalue weighted by Crippen LogP contribution is 2.37. The quantitative estimate of drug-likeness (QED) is 0.511. The molecule has 1 aromatic rings. The van der Waals surface area contributed by atoms with Crippen LogP contribution in [0, 0.1) is 5.92 Å². The number of rotatable bonds is 6. The Bertz CT molecular complexity index is 480. The lowest BCUT2D eigenvalue weighted by Gasteiger charge is -2.36. The molecule has 2 nitrogen and oxygen atoms in total. The first-order valence-corrected chi connectivity index (χ1v) is 11.3. The molecule has 1 rings (SSSR count). The van der Waals surface area contributed by atoms with Gasteiger partial charge in [-0.1, -0.05) is 58.0 Å². The summed E-state index contributed by atoms with van der Waals surface area (Å²) >= 11 is 6.43. The van der Waals surface area contributed by atoms with Crippen LogP contribution >= 0.6 is 11.6 Å². The van der Waals surface area contributed by atoms with Gasteiger partial charge in [-0.3, -0.25) is 4.79 Å². The van der Waals surface area contributed by atoms with Crippen LogP contribution in [0.1, 0.15) is 39.7 Å². The molecule has 0 saturated carbocycles. The Morgan fingerprint density at radius 2 is 1.77 bits per heavy atom. The monoisotopic (exact) mass is 340 g/mol. The van der Waals surface area contributed by atoms with Gasteiger partial charge in [-0.25, -0.2) is 0 Å². The summed E-state index contributed by atoms with van der Waals surface area (Å²) in [4.78, 5) is 12.4. The van der Waals surface area contributed by atoms with E-state index in [0.29, 0.717) is 0 Å². The molecule has 0 fully saturated rings. The first-order chi connectivity index (χ1) is 10.0. The summed E-state index contributed by atoms with van der Waals surface area (Å²) in [5.41, 5.74) is 1.25. The highest BCUT2D eigenvalue weighted by molar-refractivity contribution is 6.75. The molecule has 0 N–H and O–H groups in total. The zero-order valence-electron chi connectivity index (χ0n) is 14.7. The summed E-state index contributed by atoms with van der Waals surface area (Å²) < 4.78 is 5.85. The predicted octanol–water partition coefficient (Wildman–Crippen LogP) is 5.41. The Hall–Kier alpha value is -0.803. The third-order valence-electron chi connectivity index (χ3n) is 4.63. The third-order valence-corrected chi connectivity index (χ3v) is 9.55. The second-order valence-electron chi connectivity index (χ2n) is 7.51. The van der Waals surface area contributed by atoms with Gasteiger partial charge >= 0.3 is 0 Å². The third kappa shape index (κ3) is 5.44. The number of alkyl halides is 1. The second kappa shape index (κ2) is 7.65. The highest BCUT2D eigenvalue weighted by Gasteiger charge is 2.41. The summed E-state index contributed by atoms with van der Waals surface area (Å²) in [6.45, 7) is 12.4. The van der Waals surface area contributed by atoms with E-state index in [2.05, 4.69) is 46.0 Å². The maximum Gasteiger partial charge on any atom is 0.296 e. The maximum absolute atomic E-state index is 12.4. The van der Waals surface area contributed by atoms with Crippen LogP contribution in [-0.2, 0) is 15.6 Å². The Morgan fingerprint density at radius 3 is 2.27 bits per heavy atom. The summed E-state index contributed by atoms with van der Waals surface area (Å²) in [7, 11) is -2.07. The number of carbonyl (C=O) groups excluding carboxylic acids is 1. The van der Waals surface area contributed by atoms with Crippen molar-refractivity contribution < 1.29 is 9.22 Å². The van der Waals surface area contributed by atoms with Crippen molar-refractivity contribution >= 4 is 25.9 Å². The lowest BCUT2D eigenvalue weighted by molar-refractivity contribution is -0.139. The maximum atomic E-state index is 12.4. The molecular formula is C18H29ClO2Si. The number of benzene rings is 1. The fourth-order valence-corrected chi connectivity index (χ4v) is 3.05. The molecule has 0 aliphatic heterocycles. The molecule has 0 spiro atoms. The number of hydrogen-bond acceptors (Lipinski definition) is 2. The van der Waals surface area contributed by atoms with Crippen LogP contribution in [0.2, 0.25) is 18.1 Å². The topological polar surface area (TPSA) is 26.3 Å². The molecule has 0 bridgehead atoms. The molecule has 0 heterocycles. The molecule has 124 valence electrons. The second-order valence-corrected chi connectivity index (χ2v) is 12.8. The molecule has 22 heavy (non-hydrogen) atoms. The van der Waals surface area contributed by atoms with Gasteiger partial charge in [-0.2, -0.15) is 0 Å². The number of carbonyl (C=O) groups is 1. The molecule has 2 atom stereocenters. The van der Waals surface area contributed by atoms with Gasteiger partial charge in [-0.15, -0.1) is 11.6 Å². The number of aryl methyl sites for hydroxylation is 1. The van der Waals surface area contributed by atoms with E-state index in [0.717, 1.165) is 12.8 Å². The van der Waals surface area contributed by atoms with Gasteiger partial charge in [0.1, 0.15) is 0 Å². The fraction of sp³-hybridized carbons (Fsp3) is 0.611. The Morgan fingerprint density at radius 1 is 1.23 bits per heavy atom. The zero-order valence-corrected chi connectivity index (χ0v) is 16.4. The molecule has 4 heteroatoms. The normalized spacial score (nSPS) is 15.2. The van der Waals surface area contributed by atoms with Gasteiger partial charge in [0.05, 0.1) is 5.92 Å². The van der Waals surface area contributed by atoms with Crippen LogP contribution in [0.15, 0.2) is 30.3 Å². The SMILES string of the molecule is C[C@H](C(=O)O[Si](C)(C)C(C)(C)C)[C@@H](Cl)CCc1ccccc1. The van der Waals surface area contributed by atoms with Gasteiger partial charge in [0, 0.05) is 5.38 Å². The number of halogens is 1. The molecule has 0 saturated heterocycles. The van der Waals surface area contributed by atoms with E-state index in [1.54, 1.807) is 0 Å².